The molecule has 0 aliphatic heterocycles. The molecule has 1 amide bonds. The molecule has 0 radical (unpaired) electrons. The third-order valence-corrected chi connectivity index (χ3v) is 6.41. The van der Waals surface area contributed by atoms with Gasteiger partial charge >= 0.3 is 0 Å². The Balaban J connectivity index is 1.42. The molecule has 1 saturated carbocycles. The second-order valence-corrected chi connectivity index (χ2v) is 8.89. The van der Waals surface area contributed by atoms with Crippen LogP contribution in [0, 0.1) is 6.92 Å². The lowest BCUT2D eigenvalue weighted by atomic mass is 9.74. The summed E-state index contributed by atoms with van der Waals surface area (Å²) in [5.74, 6) is 1.01. The molecular weight excluding hydrogens is 372 g/mol. The molecule has 30 heavy (non-hydrogen) atoms. The van der Waals surface area contributed by atoms with Crippen LogP contribution in [0.15, 0.2) is 54.6 Å². The maximum Gasteiger partial charge on any atom is 0.220 e. The van der Waals surface area contributed by atoms with Crippen LogP contribution in [-0.4, -0.2) is 43.1 Å². The number of benzene rings is 2. The fraction of sp³-hybridized carbons (Fsp3) is 0.500. The molecular formula is C26H36N2O2. The molecule has 3 rings (SSSR count). The number of amides is 1. The number of carbonyl (C=O) groups is 1. The van der Waals surface area contributed by atoms with E-state index in [1.54, 1.807) is 0 Å². The van der Waals surface area contributed by atoms with E-state index in [0.717, 1.165) is 44.3 Å². The van der Waals surface area contributed by atoms with Crippen LogP contribution in [-0.2, 0) is 11.2 Å². The highest BCUT2D eigenvalue weighted by Crippen LogP contribution is 2.35. The van der Waals surface area contributed by atoms with Gasteiger partial charge in [0.2, 0.25) is 5.91 Å². The summed E-state index contributed by atoms with van der Waals surface area (Å²) in [4.78, 5) is 14.8. The Bertz CT molecular complexity index is 796. The molecule has 1 aliphatic carbocycles. The van der Waals surface area contributed by atoms with E-state index in [1.807, 2.05) is 30.3 Å². The molecule has 4 nitrogen and oxygen atoms in total. The molecule has 0 unspecified atom stereocenters. The van der Waals surface area contributed by atoms with Crippen LogP contribution in [0.2, 0.25) is 0 Å². The third kappa shape index (κ3) is 6.33. The van der Waals surface area contributed by atoms with Gasteiger partial charge in [-0.3, -0.25) is 4.79 Å². The lowest BCUT2D eigenvalue weighted by Gasteiger charge is -2.45. The molecule has 1 N–H and O–H groups in total. The summed E-state index contributed by atoms with van der Waals surface area (Å²) in [5.41, 5.74) is 2.90. The van der Waals surface area contributed by atoms with Crippen molar-refractivity contribution in [2.24, 2.45) is 0 Å². The van der Waals surface area contributed by atoms with E-state index in [9.17, 15) is 4.79 Å². The number of aryl methyl sites for hydroxylation is 1. The zero-order chi connectivity index (χ0) is 21.4. The van der Waals surface area contributed by atoms with Crippen LogP contribution in [0.3, 0.4) is 0 Å². The predicted molar refractivity (Wildman–Crippen MR) is 123 cm³/mol. The number of hydrogen-bond acceptors (Lipinski definition) is 3. The number of carbonyl (C=O) groups excluding carboxylic acids is 1. The molecule has 162 valence electrons. The number of nitrogens with zero attached hydrogens (tertiary/aromatic N) is 1. The molecule has 0 saturated heterocycles. The van der Waals surface area contributed by atoms with Gasteiger partial charge in [-0.2, -0.15) is 0 Å². The van der Waals surface area contributed by atoms with Gasteiger partial charge in [0, 0.05) is 18.0 Å². The Morgan fingerprint density at radius 3 is 2.50 bits per heavy atom. The Morgan fingerprint density at radius 1 is 1.10 bits per heavy atom. The Hall–Kier alpha value is -2.33. The van der Waals surface area contributed by atoms with Crippen LogP contribution in [0.4, 0.5) is 0 Å². The van der Waals surface area contributed by atoms with Crippen molar-refractivity contribution in [3.8, 4) is 5.75 Å². The third-order valence-electron chi connectivity index (χ3n) is 6.41. The van der Waals surface area contributed by atoms with Crippen molar-refractivity contribution in [2.75, 3.05) is 20.7 Å². The van der Waals surface area contributed by atoms with Gasteiger partial charge in [0.15, 0.2) is 0 Å². The minimum atomic E-state index is 0.146. The fourth-order valence-electron chi connectivity index (χ4n) is 4.52. The maximum atomic E-state index is 12.4. The van der Waals surface area contributed by atoms with Gasteiger partial charge in [-0.25, -0.2) is 0 Å². The highest BCUT2D eigenvalue weighted by atomic mass is 16.5. The average molecular weight is 409 g/mol. The van der Waals surface area contributed by atoms with Crippen molar-refractivity contribution in [1.82, 2.24) is 10.2 Å². The molecule has 0 bridgehead atoms. The van der Waals surface area contributed by atoms with Crippen molar-refractivity contribution >= 4 is 5.91 Å². The van der Waals surface area contributed by atoms with E-state index in [2.05, 4.69) is 55.5 Å². The molecule has 1 aliphatic rings. The number of likely N-dealkylation sites (N-methyl/N-ethyl adjacent to an activating group) is 1. The van der Waals surface area contributed by atoms with Gasteiger partial charge in [-0.15, -0.1) is 0 Å². The van der Waals surface area contributed by atoms with E-state index in [1.165, 1.54) is 11.1 Å². The van der Waals surface area contributed by atoms with Gasteiger partial charge < -0.3 is 15.0 Å². The summed E-state index contributed by atoms with van der Waals surface area (Å²) < 4.78 is 5.68. The molecule has 2 aromatic rings. The van der Waals surface area contributed by atoms with Crippen molar-refractivity contribution in [3.05, 3.63) is 65.7 Å². The monoisotopic (exact) mass is 408 g/mol. The van der Waals surface area contributed by atoms with Crippen LogP contribution in [0.25, 0.3) is 0 Å². The molecule has 2 aromatic carbocycles. The predicted octanol–water partition coefficient (Wildman–Crippen LogP) is 4.76. The average Bonchev–Trinajstić information content (AvgIpc) is 2.73. The van der Waals surface area contributed by atoms with Gasteiger partial charge in [0.1, 0.15) is 5.75 Å². The van der Waals surface area contributed by atoms with Gasteiger partial charge in [0.05, 0.1) is 6.61 Å². The van der Waals surface area contributed by atoms with Gasteiger partial charge in [-0.1, -0.05) is 48.0 Å². The zero-order valence-corrected chi connectivity index (χ0v) is 18.7. The number of nitrogens with one attached hydrogen (secondary N) is 1. The van der Waals surface area contributed by atoms with Crippen LogP contribution in [0.1, 0.15) is 49.7 Å². The first kappa shape index (κ1) is 22.4. The summed E-state index contributed by atoms with van der Waals surface area (Å²) in [7, 11) is 4.39. The van der Waals surface area contributed by atoms with E-state index in [-0.39, 0.29) is 17.5 Å². The maximum absolute atomic E-state index is 12.4. The van der Waals surface area contributed by atoms with Crippen LogP contribution < -0.4 is 10.1 Å². The second-order valence-electron chi connectivity index (χ2n) is 8.89. The lowest BCUT2D eigenvalue weighted by Crippen LogP contribution is -2.52. The lowest BCUT2D eigenvalue weighted by molar-refractivity contribution is -0.122. The first-order valence-electron chi connectivity index (χ1n) is 11.2. The zero-order valence-electron chi connectivity index (χ0n) is 18.7. The Morgan fingerprint density at radius 2 is 1.83 bits per heavy atom. The largest absolute Gasteiger partial charge is 0.494 e. The fourth-order valence-corrected chi connectivity index (χ4v) is 4.52. The molecule has 4 heteroatoms. The Kier molecular flexibility index (Phi) is 7.92. The van der Waals surface area contributed by atoms with E-state index in [4.69, 9.17) is 4.74 Å². The van der Waals surface area contributed by atoms with Crippen molar-refractivity contribution in [2.45, 2.75) is 63.5 Å². The van der Waals surface area contributed by atoms with E-state index < -0.39 is 0 Å². The number of ether oxygens (including phenoxy) is 1. The van der Waals surface area contributed by atoms with Crippen molar-refractivity contribution in [1.29, 1.82) is 0 Å². The minimum Gasteiger partial charge on any atom is -0.494 e. The quantitative estimate of drug-likeness (QED) is 0.609. The highest BCUT2D eigenvalue weighted by molar-refractivity contribution is 5.76. The highest BCUT2D eigenvalue weighted by Gasteiger charge is 2.37. The minimum absolute atomic E-state index is 0.146. The smallest absolute Gasteiger partial charge is 0.220 e. The summed E-state index contributed by atoms with van der Waals surface area (Å²) in [5, 5.41) is 3.25. The van der Waals surface area contributed by atoms with Crippen molar-refractivity contribution in [3.63, 3.8) is 0 Å². The Labute approximate surface area is 181 Å². The molecule has 0 spiro atoms. The first-order valence-corrected chi connectivity index (χ1v) is 11.2. The van der Waals surface area contributed by atoms with Crippen LogP contribution in [0.5, 0.6) is 5.75 Å². The molecule has 0 heterocycles. The molecule has 0 aromatic heterocycles. The second kappa shape index (κ2) is 10.6. The van der Waals surface area contributed by atoms with Crippen molar-refractivity contribution < 1.29 is 9.53 Å². The summed E-state index contributed by atoms with van der Waals surface area (Å²) in [6, 6.07) is 18.9. The SMILES string of the molecule is Cc1cccc(CC2(N(C)C)CCC(NC(=O)CCCOc3ccccc3)CC2)c1. The van der Waals surface area contributed by atoms with Gasteiger partial charge in [0.25, 0.3) is 0 Å². The summed E-state index contributed by atoms with van der Waals surface area (Å²) in [6.07, 6.45) is 6.62. The standard InChI is InChI=1S/C26H36N2O2/c1-21-9-7-10-22(19-21)20-26(28(2)3)16-14-23(15-17-26)27-25(29)13-8-18-30-24-11-5-4-6-12-24/h4-7,9-12,19,23H,8,13-18,20H2,1-3H3,(H,27,29). The van der Waals surface area contributed by atoms with E-state index in [0.29, 0.717) is 13.0 Å². The summed E-state index contributed by atoms with van der Waals surface area (Å²) >= 11 is 0. The van der Waals surface area contributed by atoms with Gasteiger partial charge in [-0.05, 0) is 77.2 Å². The number of hydrogen-bond donors (Lipinski definition) is 1. The first-order chi connectivity index (χ1) is 14.5. The normalized spacial score (nSPS) is 21.4. The topological polar surface area (TPSA) is 41.6 Å². The van der Waals surface area contributed by atoms with Crippen LogP contribution >= 0.6 is 0 Å². The number of para-hydroxylation sites is 1. The van der Waals surface area contributed by atoms with E-state index >= 15 is 0 Å². The molecule has 0 atom stereocenters. The number of rotatable bonds is 9. The molecule has 1 fully saturated rings. The summed E-state index contributed by atoms with van der Waals surface area (Å²) in [6.45, 7) is 2.73.